The Kier molecular flexibility index (Phi) is 4.12. The number of nitrogens with zero attached hydrogens (tertiary/aromatic N) is 2. The number of ether oxygens (including phenoxy) is 1. The Bertz CT molecular complexity index is 588. The molecule has 0 aliphatic rings. The van der Waals surface area contributed by atoms with Crippen molar-refractivity contribution in [2.24, 2.45) is 0 Å². The number of rotatable bonds is 4. The highest BCUT2D eigenvalue weighted by atomic mass is 35.5. The zero-order valence-corrected chi connectivity index (χ0v) is 11.6. The Labute approximate surface area is 116 Å². The van der Waals surface area contributed by atoms with Gasteiger partial charge in [0.1, 0.15) is 6.20 Å². The van der Waals surface area contributed by atoms with Crippen LogP contribution in [-0.4, -0.2) is 21.5 Å². The number of aliphatic hydroxyl groups is 1. The molecule has 0 fully saturated rings. The van der Waals surface area contributed by atoms with E-state index >= 15 is 0 Å². The first kappa shape index (κ1) is 13.5. The molecule has 0 saturated heterocycles. The fraction of sp³-hybridized carbons (Fsp3) is 0.214. The lowest BCUT2D eigenvalue weighted by Crippen LogP contribution is -1.98. The fourth-order valence-electron chi connectivity index (χ4n) is 1.74. The molecule has 1 aromatic carbocycles. The maximum atomic E-state index is 9.58. The molecule has 0 saturated carbocycles. The van der Waals surface area contributed by atoms with Crippen LogP contribution in [0.2, 0.25) is 5.02 Å². The van der Waals surface area contributed by atoms with Crippen LogP contribution in [0.1, 0.15) is 12.6 Å². The second-order valence-corrected chi connectivity index (χ2v) is 4.46. The Hall–Kier alpha value is -1.94. The van der Waals surface area contributed by atoms with Gasteiger partial charge >= 0.3 is 0 Å². The standard InChI is InChI=1S/C14H15ClN2O2/c1-3-19-14(18)9-17-13(8-10(2)16-17)11-4-6-12(15)7-5-11/h4-9,18H,3H2,1-2H3/b14-9-. The number of benzene rings is 1. The Morgan fingerprint density at radius 3 is 2.74 bits per heavy atom. The molecule has 1 heterocycles. The molecular formula is C14H15ClN2O2. The van der Waals surface area contributed by atoms with Gasteiger partial charge in [-0.15, -0.1) is 0 Å². The van der Waals surface area contributed by atoms with Crippen LogP contribution in [-0.2, 0) is 4.74 Å². The van der Waals surface area contributed by atoms with Crippen molar-refractivity contribution in [2.75, 3.05) is 6.61 Å². The Balaban J connectivity index is 2.41. The molecule has 0 unspecified atom stereocenters. The van der Waals surface area contributed by atoms with E-state index in [2.05, 4.69) is 5.10 Å². The highest BCUT2D eigenvalue weighted by Gasteiger charge is 2.07. The van der Waals surface area contributed by atoms with Crippen LogP contribution in [0.15, 0.2) is 36.3 Å². The van der Waals surface area contributed by atoms with Gasteiger partial charge in [0.15, 0.2) is 0 Å². The van der Waals surface area contributed by atoms with Gasteiger partial charge in [0.2, 0.25) is 0 Å². The van der Waals surface area contributed by atoms with Crippen molar-refractivity contribution in [3.8, 4) is 11.3 Å². The predicted molar refractivity (Wildman–Crippen MR) is 75.9 cm³/mol. The van der Waals surface area contributed by atoms with Crippen molar-refractivity contribution in [1.29, 1.82) is 0 Å². The summed E-state index contributed by atoms with van der Waals surface area (Å²) in [5.74, 6) is -0.166. The first-order valence-electron chi connectivity index (χ1n) is 5.96. The van der Waals surface area contributed by atoms with E-state index < -0.39 is 0 Å². The third-order valence-electron chi connectivity index (χ3n) is 2.52. The van der Waals surface area contributed by atoms with Gasteiger partial charge in [0.25, 0.3) is 5.95 Å². The molecule has 0 bridgehead atoms. The van der Waals surface area contributed by atoms with Gasteiger partial charge in [-0.3, -0.25) is 0 Å². The van der Waals surface area contributed by atoms with Crippen molar-refractivity contribution < 1.29 is 9.84 Å². The minimum Gasteiger partial charge on any atom is -0.480 e. The highest BCUT2D eigenvalue weighted by molar-refractivity contribution is 6.30. The molecule has 0 radical (unpaired) electrons. The minimum absolute atomic E-state index is 0.166. The van der Waals surface area contributed by atoms with Crippen molar-refractivity contribution in [3.05, 3.63) is 47.0 Å². The first-order chi connectivity index (χ1) is 9.10. The molecule has 0 aliphatic heterocycles. The molecule has 2 rings (SSSR count). The number of aromatic nitrogens is 2. The number of hydrogen-bond acceptors (Lipinski definition) is 3. The second-order valence-electron chi connectivity index (χ2n) is 4.02. The lowest BCUT2D eigenvalue weighted by molar-refractivity contribution is 0.105. The number of aryl methyl sites for hydroxylation is 1. The Morgan fingerprint density at radius 2 is 2.11 bits per heavy atom. The van der Waals surface area contributed by atoms with Crippen LogP contribution in [0.5, 0.6) is 0 Å². The SMILES string of the molecule is CCO/C(O)=C\n1nc(C)cc1-c1ccc(Cl)cc1. The quantitative estimate of drug-likeness (QED) is 0.864. The average Bonchev–Trinajstić information content (AvgIpc) is 2.71. The summed E-state index contributed by atoms with van der Waals surface area (Å²) in [6, 6.07) is 9.37. The lowest BCUT2D eigenvalue weighted by atomic mass is 10.1. The van der Waals surface area contributed by atoms with Crippen LogP contribution in [0.25, 0.3) is 17.5 Å². The van der Waals surface area contributed by atoms with Crippen LogP contribution in [0.4, 0.5) is 0 Å². The summed E-state index contributed by atoms with van der Waals surface area (Å²) in [5, 5.41) is 14.6. The molecular weight excluding hydrogens is 264 g/mol. The van der Waals surface area contributed by atoms with Crippen LogP contribution < -0.4 is 0 Å². The molecule has 1 N–H and O–H groups in total. The number of hydrogen-bond donors (Lipinski definition) is 1. The van der Waals surface area contributed by atoms with Crippen LogP contribution in [0.3, 0.4) is 0 Å². The molecule has 1 aromatic heterocycles. The zero-order chi connectivity index (χ0) is 13.8. The van der Waals surface area contributed by atoms with Gasteiger partial charge in [-0.2, -0.15) is 5.10 Å². The maximum Gasteiger partial charge on any atom is 0.295 e. The van der Waals surface area contributed by atoms with E-state index in [0.717, 1.165) is 17.0 Å². The molecule has 4 nitrogen and oxygen atoms in total. The van der Waals surface area contributed by atoms with Gasteiger partial charge in [0, 0.05) is 10.6 Å². The summed E-state index contributed by atoms with van der Waals surface area (Å²) >= 11 is 5.88. The minimum atomic E-state index is -0.166. The van der Waals surface area contributed by atoms with E-state index in [0.29, 0.717) is 11.6 Å². The summed E-state index contributed by atoms with van der Waals surface area (Å²) in [5.41, 5.74) is 2.68. The summed E-state index contributed by atoms with van der Waals surface area (Å²) in [7, 11) is 0. The van der Waals surface area contributed by atoms with Crippen molar-refractivity contribution >= 4 is 17.8 Å². The normalized spacial score (nSPS) is 11.6. The fourth-order valence-corrected chi connectivity index (χ4v) is 1.87. The predicted octanol–water partition coefficient (Wildman–Crippen LogP) is 3.86. The van der Waals surface area contributed by atoms with Gasteiger partial charge < -0.3 is 9.84 Å². The Morgan fingerprint density at radius 1 is 1.42 bits per heavy atom. The smallest absolute Gasteiger partial charge is 0.295 e. The summed E-state index contributed by atoms with van der Waals surface area (Å²) in [6.45, 7) is 4.10. The third kappa shape index (κ3) is 3.29. The lowest BCUT2D eigenvalue weighted by Gasteiger charge is -2.05. The third-order valence-corrected chi connectivity index (χ3v) is 2.77. The number of aliphatic hydroxyl groups excluding tert-OH is 1. The van der Waals surface area contributed by atoms with E-state index in [1.807, 2.05) is 37.3 Å². The molecule has 2 aromatic rings. The molecule has 0 atom stereocenters. The van der Waals surface area contributed by atoms with E-state index in [1.165, 1.54) is 6.20 Å². The summed E-state index contributed by atoms with van der Waals surface area (Å²) < 4.78 is 6.59. The number of halogens is 1. The summed E-state index contributed by atoms with van der Waals surface area (Å²) in [6.07, 6.45) is 1.44. The van der Waals surface area contributed by atoms with Gasteiger partial charge in [-0.05, 0) is 32.0 Å². The average molecular weight is 279 g/mol. The van der Waals surface area contributed by atoms with Gasteiger partial charge in [-0.25, -0.2) is 4.68 Å². The molecule has 19 heavy (non-hydrogen) atoms. The van der Waals surface area contributed by atoms with E-state index in [1.54, 1.807) is 11.6 Å². The topological polar surface area (TPSA) is 47.3 Å². The van der Waals surface area contributed by atoms with E-state index in [4.69, 9.17) is 16.3 Å². The van der Waals surface area contributed by atoms with Gasteiger partial charge in [-0.1, -0.05) is 23.7 Å². The van der Waals surface area contributed by atoms with Crippen molar-refractivity contribution in [3.63, 3.8) is 0 Å². The molecule has 100 valence electrons. The molecule has 0 aliphatic carbocycles. The van der Waals surface area contributed by atoms with Crippen molar-refractivity contribution in [1.82, 2.24) is 9.78 Å². The van der Waals surface area contributed by atoms with Crippen LogP contribution in [0, 0.1) is 6.92 Å². The van der Waals surface area contributed by atoms with E-state index in [9.17, 15) is 5.11 Å². The maximum absolute atomic E-state index is 9.58. The molecule has 0 amide bonds. The monoisotopic (exact) mass is 278 g/mol. The first-order valence-corrected chi connectivity index (χ1v) is 6.33. The summed E-state index contributed by atoms with van der Waals surface area (Å²) in [4.78, 5) is 0. The zero-order valence-electron chi connectivity index (χ0n) is 10.8. The van der Waals surface area contributed by atoms with E-state index in [-0.39, 0.29) is 5.95 Å². The second kappa shape index (κ2) is 5.80. The highest BCUT2D eigenvalue weighted by Crippen LogP contribution is 2.23. The molecule has 5 heteroatoms. The molecule has 0 spiro atoms. The van der Waals surface area contributed by atoms with Gasteiger partial charge in [0.05, 0.1) is 18.0 Å². The van der Waals surface area contributed by atoms with Crippen molar-refractivity contribution in [2.45, 2.75) is 13.8 Å². The van der Waals surface area contributed by atoms with Crippen LogP contribution >= 0.6 is 11.6 Å². The largest absolute Gasteiger partial charge is 0.480 e.